The van der Waals surface area contributed by atoms with Crippen LogP contribution in [0.1, 0.15) is 5.56 Å². The largest absolute Gasteiger partial charge is 0.247 e. The van der Waals surface area contributed by atoms with Crippen molar-refractivity contribution >= 4 is 43.2 Å². The topological polar surface area (TPSA) is 12.9 Å². The molecule has 134 valence electrons. The Morgan fingerprint density at radius 2 is 1.52 bits per heavy atom. The predicted octanol–water partition coefficient (Wildman–Crippen LogP) is 7.27. The fourth-order valence-electron chi connectivity index (χ4n) is 4.43. The van der Waals surface area contributed by atoms with Crippen LogP contribution in [-0.4, -0.2) is 4.98 Å². The molecule has 0 amide bonds. The van der Waals surface area contributed by atoms with Crippen LogP contribution in [0.2, 0.25) is 0 Å². The molecule has 0 aliphatic carbocycles. The zero-order valence-electron chi connectivity index (χ0n) is 16.0. The summed E-state index contributed by atoms with van der Waals surface area (Å²) in [4.78, 5) is 5.11. The quantitative estimate of drug-likeness (QED) is 0.278. The minimum absolute atomic E-state index is 1.03. The van der Waals surface area contributed by atoms with Crippen molar-refractivity contribution in [3.63, 3.8) is 0 Å². The molecule has 1 heterocycles. The van der Waals surface area contributed by atoms with E-state index in [0.717, 1.165) is 27.5 Å². The molecule has 0 N–H and O–H groups in total. The molecule has 0 fully saturated rings. The molecule has 0 atom stereocenters. The maximum absolute atomic E-state index is 5.11. The molecule has 6 rings (SSSR count). The molecule has 0 aliphatic heterocycles. The van der Waals surface area contributed by atoms with Crippen LogP contribution in [0.15, 0.2) is 84.9 Å². The second-order valence-electron chi connectivity index (χ2n) is 7.54. The Balaban J connectivity index is 1.82. The van der Waals surface area contributed by atoms with E-state index in [1.165, 1.54) is 32.5 Å². The van der Waals surface area contributed by atoms with Crippen molar-refractivity contribution in [2.45, 2.75) is 6.92 Å². The first-order valence-corrected chi connectivity index (χ1v) is 9.83. The number of fused-ring (bicyclic) bond motifs is 6. The van der Waals surface area contributed by atoms with Crippen LogP contribution in [0.4, 0.5) is 0 Å². The first kappa shape index (κ1) is 16.1. The molecule has 0 radical (unpaired) electrons. The van der Waals surface area contributed by atoms with E-state index in [1.807, 2.05) is 6.07 Å². The number of aryl methyl sites for hydroxylation is 1. The molecule has 0 bridgehead atoms. The van der Waals surface area contributed by atoms with Gasteiger partial charge in [-0.05, 0) is 65.0 Å². The molecule has 0 spiro atoms. The van der Waals surface area contributed by atoms with Crippen LogP contribution in [0, 0.1) is 19.1 Å². The van der Waals surface area contributed by atoms with Crippen molar-refractivity contribution in [3.05, 3.63) is 103 Å². The van der Waals surface area contributed by atoms with Crippen LogP contribution >= 0.6 is 0 Å². The molecule has 1 nitrogen and oxygen atoms in total. The summed E-state index contributed by atoms with van der Waals surface area (Å²) in [6.07, 6.45) is 0. The number of hydrogen-bond acceptors (Lipinski definition) is 1. The number of hydrogen-bond donors (Lipinski definition) is 0. The number of aromatic nitrogens is 1. The smallest absolute Gasteiger partial charge is 0.0788 e. The van der Waals surface area contributed by atoms with Gasteiger partial charge >= 0.3 is 0 Å². The summed E-state index contributed by atoms with van der Waals surface area (Å²) in [5, 5.41) is 8.48. The number of nitrogens with zero attached hydrogens (tertiary/aromatic N) is 1. The van der Waals surface area contributed by atoms with E-state index in [0.29, 0.717) is 0 Å². The van der Waals surface area contributed by atoms with Crippen molar-refractivity contribution in [2.75, 3.05) is 0 Å². The summed E-state index contributed by atoms with van der Waals surface area (Å²) in [5.41, 5.74) is 4.46. The molecule has 29 heavy (non-hydrogen) atoms. The third kappa shape index (κ3) is 2.40. The van der Waals surface area contributed by atoms with Crippen molar-refractivity contribution in [1.29, 1.82) is 0 Å². The lowest BCUT2D eigenvalue weighted by atomic mass is 9.92. The van der Waals surface area contributed by atoms with Crippen LogP contribution in [0.25, 0.3) is 54.5 Å². The summed E-state index contributed by atoms with van der Waals surface area (Å²) >= 11 is 0. The van der Waals surface area contributed by atoms with E-state index in [9.17, 15) is 0 Å². The Hall–Kier alpha value is -3.89. The van der Waals surface area contributed by atoms with Gasteiger partial charge in [-0.1, -0.05) is 60.7 Å². The van der Waals surface area contributed by atoms with E-state index < -0.39 is 0 Å². The standard InChI is InChI=1S/C28H17N/c1-18-16-25-27(23-11-5-4-10-22(18)23)24-12-6-7-13-26(24)29-28(25)21-15-14-19-8-2-3-9-20(19)17-21/h3-7,9-17H,1H3. The summed E-state index contributed by atoms with van der Waals surface area (Å²) in [6, 6.07) is 36.1. The van der Waals surface area contributed by atoms with Gasteiger partial charge in [0.15, 0.2) is 0 Å². The van der Waals surface area contributed by atoms with Crippen LogP contribution < -0.4 is 0 Å². The highest BCUT2D eigenvalue weighted by Crippen LogP contribution is 2.38. The Morgan fingerprint density at radius 1 is 0.724 bits per heavy atom. The zero-order chi connectivity index (χ0) is 19.4. The molecule has 0 saturated carbocycles. The van der Waals surface area contributed by atoms with E-state index in [1.54, 1.807) is 0 Å². The van der Waals surface area contributed by atoms with Crippen LogP contribution in [-0.2, 0) is 0 Å². The Bertz CT molecular complexity index is 1560. The normalized spacial score (nSPS) is 11.3. The number of rotatable bonds is 1. The first-order chi connectivity index (χ1) is 14.3. The highest BCUT2D eigenvalue weighted by atomic mass is 14.7. The second kappa shape index (κ2) is 6.06. The molecule has 1 heteroatoms. The molecule has 0 saturated heterocycles. The van der Waals surface area contributed by atoms with Crippen LogP contribution in [0.3, 0.4) is 0 Å². The van der Waals surface area contributed by atoms with E-state index >= 15 is 0 Å². The molecule has 0 aliphatic rings. The second-order valence-corrected chi connectivity index (χ2v) is 7.54. The van der Waals surface area contributed by atoms with Crippen molar-refractivity contribution in [1.82, 2.24) is 4.98 Å². The minimum atomic E-state index is 1.03. The van der Waals surface area contributed by atoms with E-state index in [2.05, 4.69) is 97.9 Å². The SMILES string of the molecule is Cc1cc2c(-c3ccc4c#cccc4c3)nc3ccccc3c2c2ccccc12. The molecular formula is C28H17N. The van der Waals surface area contributed by atoms with E-state index in [4.69, 9.17) is 4.98 Å². The van der Waals surface area contributed by atoms with Gasteiger partial charge < -0.3 is 0 Å². The summed E-state index contributed by atoms with van der Waals surface area (Å²) < 4.78 is 0. The van der Waals surface area contributed by atoms with Gasteiger partial charge in [0.1, 0.15) is 0 Å². The third-order valence-corrected chi connectivity index (χ3v) is 5.79. The Kier molecular flexibility index (Phi) is 3.36. The average Bonchev–Trinajstić information content (AvgIpc) is 2.78. The fraction of sp³-hybridized carbons (Fsp3) is 0.0357. The van der Waals surface area contributed by atoms with E-state index in [-0.39, 0.29) is 0 Å². The molecule has 1 aromatic heterocycles. The van der Waals surface area contributed by atoms with Gasteiger partial charge in [0.25, 0.3) is 0 Å². The van der Waals surface area contributed by atoms with Gasteiger partial charge in [-0.15, -0.1) is 0 Å². The lowest BCUT2D eigenvalue weighted by molar-refractivity contribution is 1.43. The van der Waals surface area contributed by atoms with Gasteiger partial charge in [-0.25, -0.2) is 4.98 Å². The Morgan fingerprint density at radius 3 is 2.41 bits per heavy atom. The predicted molar refractivity (Wildman–Crippen MR) is 122 cm³/mol. The maximum Gasteiger partial charge on any atom is 0.0788 e. The third-order valence-electron chi connectivity index (χ3n) is 5.79. The summed E-state index contributed by atoms with van der Waals surface area (Å²) in [5.74, 6) is 0. The Labute approximate surface area is 169 Å². The number of pyridine rings is 1. The van der Waals surface area contributed by atoms with Crippen LogP contribution in [0.5, 0.6) is 0 Å². The minimum Gasteiger partial charge on any atom is -0.247 e. The molecular weight excluding hydrogens is 350 g/mol. The van der Waals surface area contributed by atoms with Crippen molar-refractivity contribution in [2.24, 2.45) is 0 Å². The van der Waals surface area contributed by atoms with Crippen molar-refractivity contribution in [3.8, 4) is 11.3 Å². The maximum atomic E-state index is 5.11. The number of benzene rings is 4. The average molecular weight is 367 g/mol. The van der Waals surface area contributed by atoms with Gasteiger partial charge in [0.2, 0.25) is 0 Å². The lowest BCUT2D eigenvalue weighted by Crippen LogP contribution is -1.92. The lowest BCUT2D eigenvalue weighted by Gasteiger charge is -2.14. The summed E-state index contributed by atoms with van der Waals surface area (Å²) in [6.45, 7) is 2.19. The van der Waals surface area contributed by atoms with Gasteiger partial charge in [-0.2, -0.15) is 0 Å². The first-order valence-electron chi connectivity index (χ1n) is 9.83. The van der Waals surface area contributed by atoms with Gasteiger partial charge in [0, 0.05) is 27.1 Å². The molecule has 6 aromatic rings. The van der Waals surface area contributed by atoms with Gasteiger partial charge in [-0.3, -0.25) is 0 Å². The zero-order valence-corrected chi connectivity index (χ0v) is 16.0. The van der Waals surface area contributed by atoms with Gasteiger partial charge in [0.05, 0.1) is 11.2 Å². The van der Waals surface area contributed by atoms with Crippen molar-refractivity contribution < 1.29 is 0 Å². The highest BCUT2D eigenvalue weighted by Gasteiger charge is 2.14. The fourth-order valence-corrected chi connectivity index (χ4v) is 4.43. The molecule has 5 aromatic carbocycles. The number of para-hydroxylation sites is 1. The molecule has 0 unspecified atom stereocenters. The highest BCUT2D eigenvalue weighted by molar-refractivity contribution is 6.23. The monoisotopic (exact) mass is 367 g/mol. The summed E-state index contributed by atoms with van der Waals surface area (Å²) in [7, 11) is 0.